The van der Waals surface area contributed by atoms with Crippen LogP contribution in [0.25, 0.3) is 0 Å². The maximum atomic E-state index is 11.9. The number of aromatic nitrogens is 2. The van der Waals surface area contributed by atoms with Gasteiger partial charge in [-0.25, -0.2) is 4.68 Å². The molecule has 0 saturated carbocycles. The third-order valence-corrected chi connectivity index (χ3v) is 2.92. The molecule has 0 amide bonds. The molecule has 0 aliphatic carbocycles. The van der Waals surface area contributed by atoms with E-state index in [0.29, 0.717) is 0 Å². The van der Waals surface area contributed by atoms with Crippen LogP contribution in [-0.2, 0) is 6.42 Å². The van der Waals surface area contributed by atoms with Gasteiger partial charge in [0.1, 0.15) is 0 Å². The smallest absolute Gasteiger partial charge is 0.267 e. The van der Waals surface area contributed by atoms with E-state index in [1.54, 1.807) is 6.08 Å². The Morgan fingerprint density at radius 2 is 2.00 bits per heavy atom. The maximum Gasteiger partial charge on any atom is 0.270 e. The number of nitrogens with zero attached hydrogens (tertiary/aromatic N) is 2. The molecule has 1 heterocycles. The van der Waals surface area contributed by atoms with E-state index in [9.17, 15) is 4.79 Å². The molecule has 19 heavy (non-hydrogen) atoms. The van der Waals surface area contributed by atoms with Crippen LogP contribution in [0, 0.1) is 13.8 Å². The van der Waals surface area contributed by atoms with Gasteiger partial charge in [-0.3, -0.25) is 4.79 Å². The van der Waals surface area contributed by atoms with Gasteiger partial charge in [-0.2, -0.15) is 5.10 Å². The van der Waals surface area contributed by atoms with Crippen LogP contribution in [0.3, 0.4) is 0 Å². The molecule has 0 aliphatic rings. The lowest BCUT2D eigenvalue weighted by atomic mass is 10.1. The summed E-state index contributed by atoms with van der Waals surface area (Å²) in [6, 6.07) is 12.1. The quantitative estimate of drug-likeness (QED) is 0.784. The molecule has 98 valence electrons. The fourth-order valence-electron chi connectivity index (χ4n) is 2.00. The van der Waals surface area contributed by atoms with Crippen LogP contribution in [0.4, 0.5) is 0 Å². The summed E-state index contributed by atoms with van der Waals surface area (Å²) in [6.45, 7) is 3.77. The number of aryl methyl sites for hydroxylation is 3. The Labute approximate surface area is 113 Å². The third-order valence-electron chi connectivity index (χ3n) is 2.92. The Morgan fingerprint density at radius 1 is 1.26 bits per heavy atom. The van der Waals surface area contributed by atoms with Crippen molar-refractivity contribution in [2.75, 3.05) is 0 Å². The lowest BCUT2D eigenvalue weighted by Gasteiger charge is -1.98. The Hall–Kier alpha value is -2.16. The van der Waals surface area contributed by atoms with Crippen molar-refractivity contribution in [2.45, 2.75) is 26.7 Å². The van der Waals surface area contributed by atoms with Gasteiger partial charge in [-0.05, 0) is 38.3 Å². The van der Waals surface area contributed by atoms with E-state index in [1.807, 2.05) is 44.2 Å². The van der Waals surface area contributed by atoms with Crippen LogP contribution in [0.1, 0.15) is 28.2 Å². The summed E-state index contributed by atoms with van der Waals surface area (Å²) in [5.41, 5.74) is 3.02. The topological polar surface area (TPSA) is 34.9 Å². The first-order valence-corrected chi connectivity index (χ1v) is 6.45. The minimum Gasteiger partial charge on any atom is -0.267 e. The molecule has 2 rings (SSSR count). The first-order valence-electron chi connectivity index (χ1n) is 6.45. The monoisotopic (exact) mass is 254 g/mol. The lowest BCUT2D eigenvalue weighted by Crippen LogP contribution is -2.10. The van der Waals surface area contributed by atoms with E-state index in [2.05, 4.69) is 17.2 Å². The summed E-state index contributed by atoms with van der Waals surface area (Å²) in [6.07, 6.45) is 5.31. The molecule has 0 bridgehead atoms. The van der Waals surface area contributed by atoms with Crippen LogP contribution >= 0.6 is 0 Å². The standard InChI is InChI=1S/C16H18N2O/c1-13-12-14(2)18(17-13)16(19)11-7-6-10-15-8-4-3-5-9-15/h3-5,7-9,11-12H,6,10H2,1-2H3/b11-7+. The molecule has 0 spiro atoms. The number of allylic oxidation sites excluding steroid dienone is 2. The molecule has 0 saturated heterocycles. The third kappa shape index (κ3) is 3.65. The molecule has 0 aliphatic heterocycles. The minimum absolute atomic E-state index is 0.0846. The van der Waals surface area contributed by atoms with Crippen LogP contribution in [0.15, 0.2) is 48.6 Å². The minimum atomic E-state index is -0.0846. The molecule has 1 aromatic carbocycles. The van der Waals surface area contributed by atoms with Crippen LogP contribution in [0.2, 0.25) is 0 Å². The number of carbonyl (C=O) groups is 1. The summed E-state index contributed by atoms with van der Waals surface area (Å²) in [5, 5.41) is 4.16. The average molecular weight is 254 g/mol. The van der Waals surface area contributed by atoms with Crippen molar-refractivity contribution in [3.05, 3.63) is 65.5 Å². The zero-order valence-corrected chi connectivity index (χ0v) is 11.3. The Balaban J connectivity index is 1.89. The van der Waals surface area contributed by atoms with Gasteiger partial charge in [0.05, 0.1) is 5.69 Å². The molecule has 0 N–H and O–H groups in total. The molecular formula is C16H18N2O. The second-order valence-electron chi connectivity index (χ2n) is 4.60. The molecule has 3 nitrogen and oxygen atoms in total. The molecule has 2 aromatic rings. The van der Waals surface area contributed by atoms with Crippen LogP contribution < -0.4 is 0 Å². The summed E-state index contributed by atoms with van der Waals surface area (Å²) in [4.78, 5) is 11.9. The van der Waals surface area contributed by atoms with Gasteiger partial charge in [0.25, 0.3) is 5.91 Å². The van der Waals surface area contributed by atoms with Gasteiger partial charge in [0.2, 0.25) is 0 Å². The highest BCUT2D eigenvalue weighted by atomic mass is 16.2. The second kappa shape index (κ2) is 6.14. The van der Waals surface area contributed by atoms with Crippen molar-refractivity contribution in [1.82, 2.24) is 9.78 Å². The first kappa shape index (κ1) is 13.3. The second-order valence-corrected chi connectivity index (χ2v) is 4.60. The number of hydrogen-bond acceptors (Lipinski definition) is 2. The fourth-order valence-corrected chi connectivity index (χ4v) is 2.00. The van der Waals surface area contributed by atoms with Gasteiger partial charge >= 0.3 is 0 Å². The van der Waals surface area contributed by atoms with Crippen LogP contribution in [0.5, 0.6) is 0 Å². The van der Waals surface area contributed by atoms with Gasteiger partial charge in [0, 0.05) is 11.8 Å². The van der Waals surface area contributed by atoms with E-state index in [1.165, 1.54) is 10.2 Å². The van der Waals surface area contributed by atoms with E-state index < -0.39 is 0 Å². The highest BCUT2D eigenvalue weighted by molar-refractivity contribution is 5.89. The van der Waals surface area contributed by atoms with Gasteiger partial charge in [-0.15, -0.1) is 0 Å². The summed E-state index contributed by atoms with van der Waals surface area (Å²) in [5.74, 6) is -0.0846. The zero-order chi connectivity index (χ0) is 13.7. The fraction of sp³-hybridized carbons (Fsp3) is 0.250. The lowest BCUT2D eigenvalue weighted by molar-refractivity contribution is 0.0951. The molecule has 0 fully saturated rings. The summed E-state index contributed by atoms with van der Waals surface area (Å²) in [7, 11) is 0. The molecule has 1 aromatic heterocycles. The predicted octanol–water partition coefficient (Wildman–Crippen LogP) is 3.33. The van der Waals surface area contributed by atoms with E-state index >= 15 is 0 Å². The summed E-state index contributed by atoms with van der Waals surface area (Å²) < 4.78 is 1.44. The van der Waals surface area contributed by atoms with E-state index in [-0.39, 0.29) is 5.91 Å². The zero-order valence-electron chi connectivity index (χ0n) is 11.3. The number of rotatable bonds is 4. The Kier molecular flexibility index (Phi) is 4.29. The molecular weight excluding hydrogens is 236 g/mol. The predicted molar refractivity (Wildman–Crippen MR) is 76.2 cm³/mol. The normalized spacial score (nSPS) is 11.1. The molecule has 0 atom stereocenters. The number of hydrogen-bond donors (Lipinski definition) is 0. The van der Waals surface area contributed by atoms with E-state index in [0.717, 1.165) is 24.2 Å². The summed E-state index contributed by atoms with van der Waals surface area (Å²) >= 11 is 0. The van der Waals surface area contributed by atoms with Gasteiger partial charge in [0.15, 0.2) is 0 Å². The van der Waals surface area contributed by atoms with Gasteiger partial charge in [-0.1, -0.05) is 36.4 Å². The van der Waals surface area contributed by atoms with Crippen molar-refractivity contribution >= 4 is 5.91 Å². The molecule has 0 radical (unpaired) electrons. The van der Waals surface area contributed by atoms with Gasteiger partial charge < -0.3 is 0 Å². The van der Waals surface area contributed by atoms with Crippen LogP contribution in [-0.4, -0.2) is 15.7 Å². The van der Waals surface area contributed by atoms with Crippen molar-refractivity contribution in [1.29, 1.82) is 0 Å². The Morgan fingerprint density at radius 3 is 2.63 bits per heavy atom. The van der Waals surface area contributed by atoms with Crippen molar-refractivity contribution in [2.24, 2.45) is 0 Å². The largest absolute Gasteiger partial charge is 0.270 e. The van der Waals surface area contributed by atoms with Crippen molar-refractivity contribution in [3.8, 4) is 0 Å². The number of carbonyl (C=O) groups excluding carboxylic acids is 1. The highest BCUT2D eigenvalue weighted by Crippen LogP contribution is 2.04. The molecule has 0 unspecified atom stereocenters. The van der Waals surface area contributed by atoms with E-state index in [4.69, 9.17) is 0 Å². The Bertz CT molecular complexity index is 582. The SMILES string of the molecule is Cc1cc(C)n(C(=O)/C=C/CCc2ccccc2)n1. The first-order chi connectivity index (χ1) is 9.16. The number of benzene rings is 1. The maximum absolute atomic E-state index is 11.9. The highest BCUT2D eigenvalue weighted by Gasteiger charge is 2.05. The average Bonchev–Trinajstić information content (AvgIpc) is 2.75. The molecule has 3 heteroatoms. The van der Waals surface area contributed by atoms with Crippen molar-refractivity contribution < 1.29 is 4.79 Å². The van der Waals surface area contributed by atoms with Crippen molar-refractivity contribution in [3.63, 3.8) is 0 Å².